The Morgan fingerprint density at radius 3 is 1.31 bits per heavy atom. The number of rotatable bonds is 34. The van der Waals surface area contributed by atoms with Gasteiger partial charge in [0.1, 0.15) is 12.1 Å². The van der Waals surface area contributed by atoms with Gasteiger partial charge in [-0.3, -0.25) is 28.8 Å². The number of hydrogen-bond acceptors (Lipinski definition) is 16. The molecule has 18 nitrogen and oxygen atoms in total. The van der Waals surface area contributed by atoms with Crippen LogP contribution in [0, 0.1) is 0 Å². The molecule has 7 unspecified atom stereocenters. The molecule has 14 N–H and O–H groups in total. The predicted molar refractivity (Wildman–Crippen MR) is 245 cm³/mol. The highest BCUT2D eigenvalue weighted by Gasteiger charge is 2.28. The van der Waals surface area contributed by atoms with Crippen LogP contribution in [-0.2, 0) is 38.2 Å². The molecule has 0 spiro atoms. The second-order valence-electron chi connectivity index (χ2n) is 15.2. The monoisotopic (exact) mass is 914 g/mol. The van der Waals surface area contributed by atoms with Crippen LogP contribution < -0.4 is 54.8 Å². The lowest BCUT2D eigenvalue weighted by Crippen LogP contribution is -2.52. The predicted octanol–water partition coefficient (Wildman–Crippen LogP) is -1.45. The van der Waals surface area contributed by atoms with Crippen LogP contribution in [0.25, 0.3) is 0 Å². The molecule has 0 aliphatic carbocycles. The maximum atomic E-state index is 13.2. The van der Waals surface area contributed by atoms with Crippen molar-refractivity contribution in [2.24, 2.45) is 22.9 Å². The molecule has 0 aromatic heterocycles. The molecule has 0 bridgehead atoms. The van der Waals surface area contributed by atoms with Crippen LogP contribution in [0.4, 0.5) is 0 Å². The Kier molecular flexibility index (Phi) is 30.7. The SMILES string of the molecule is CCC(C)(CCNC(=O)C(CCCCNC(=O)C(N)CS)NC(=O)C(N)CS)OCCC(C)(C)OCCNC(=O)C(CCCCNC(=O)C(N)CS)NC(=O)C(N)CS. The topological polar surface area (TPSA) is 297 Å². The molecule has 0 rings (SSSR count). The van der Waals surface area contributed by atoms with E-state index in [0.29, 0.717) is 84.0 Å². The van der Waals surface area contributed by atoms with Gasteiger partial charge in [-0.2, -0.15) is 50.5 Å². The van der Waals surface area contributed by atoms with Gasteiger partial charge in [0, 0.05) is 49.2 Å². The van der Waals surface area contributed by atoms with Gasteiger partial charge in [0.05, 0.1) is 48.6 Å². The second-order valence-corrected chi connectivity index (χ2v) is 16.7. The number of hydrogen-bond donors (Lipinski definition) is 14. The standard InChI is InChI=1S/C37H74N10O8S4/c1-5-37(4,12-16-44-34(52)28(46-32(50)26(40)22-58)10-6-8-14-42-30(48)24(38)20-56)55-18-13-36(2,3)54-19-17-45-35(53)29(47-33(51)27(41)23-59)11-7-9-15-43-31(49)25(39)21-57/h24-29,56-59H,5-23,38-41H2,1-4H3,(H,42,48)(H,43,49)(H,44,52)(H,45,53)(H,46,50)(H,47,51). The average molecular weight is 915 g/mol. The van der Waals surface area contributed by atoms with E-state index >= 15 is 0 Å². The number of unbranched alkanes of at least 4 members (excludes halogenated alkanes) is 2. The normalized spacial score (nSPS) is 15.7. The van der Waals surface area contributed by atoms with Gasteiger partial charge < -0.3 is 64.3 Å². The Hall–Kier alpha value is -2.02. The van der Waals surface area contributed by atoms with Crippen molar-refractivity contribution in [2.75, 3.05) is 62.4 Å². The summed E-state index contributed by atoms with van der Waals surface area (Å²) in [6, 6.07) is -4.80. The Bertz CT molecular complexity index is 1280. The van der Waals surface area contributed by atoms with E-state index in [0.717, 1.165) is 0 Å². The highest BCUT2D eigenvalue weighted by atomic mass is 32.1. The number of thiol groups is 4. The number of nitrogens with two attached hydrogens (primary N) is 4. The third-order valence-electron chi connectivity index (χ3n) is 9.59. The fourth-order valence-corrected chi connectivity index (χ4v) is 5.89. The lowest BCUT2D eigenvalue weighted by Gasteiger charge is -2.32. The summed E-state index contributed by atoms with van der Waals surface area (Å²) in [7, 11) is 0. The van der Waals surface area contributed by atoms with Crippen molar-refractivity contribution in [3.63, 3.8) is 0 Å². The van der Waals surface area contributed by atoms with Crippen molar-refractivity contribution in [3.8, 4) is 0 Å². The zero-order chi connectivity index (χ0) is 45.0. The van der Waals surface area contributed by atoms with Crippen LogP contribution in [0.2, 0.25) is 0 Å². The number of amides is 6. The summed E-state index contributed by atoms with van der Waals surface area (Å²) in [5.41, 5.74) is 21.8. The van der Waals surface area contributed by atoms with E-state index in [1.54, 1.807) is 0 Å². The van der Waals surface area contributed by atoms with E-state index in [2.05, 4.69) is 82.4 Å². The quantitative estimate of drug-likeness (QED) is 0.0261. The van der Waals surface area contributed by atoms with Crippen molar-refractivity contribution >= 4 is 86.0 Å². The smallest absolute Gasteiger partial charge is 0.242 e. The van der Waals surface area contributed by atoms with Crippen molar-refractivity contribution in [3.05, 3.63) is 0 Å². The molecule has 0 aromatic rings. The van der Waals surface area contributed by atoms with E-state index < -0.39 is 59.3 Å². The van der Waals surface area contributed by atoms with Gasteiger partial charge >= 0.3 is 0 Å². The van der Waals surface area contributed by atoms with E-state index in [-0.39, 0.29) is 59.8 Å². The van der Waals surface area contributed by atoms with E-state index in [1.165, 1.54) is 0 Å². The Balaban J connectivity index is 4.97. The molecule has 0 saturated heterocycles. The lowest BCUT2D eigenvalue weighted by molar-refractivity contribution is -0.130. The summed E-state index contributed by atoms with van der Waals surface area (Å²) in [5.74, 6) is -1.61. The molecule has 0 aliphatic rings. The van der Waals surface area contributed by atoms with E-state index in [4.69, 9.17) is 32.4 Å². The Morgan fingerprint density at radius 1 is 0.508 bits per heavy atom. The summed E-state index contributed by atoms with van der Waals surface area (Å²) in [4.78, 5) is 75.0. The maximum Gasteiger partial charge on any atom is 0.242 e. The van der Waals surface area contributed by atoms with Crippen molar-refractivity contribution in [1.82, 2.24) is 31.9 Å². The van der Waals surface area contributed by atoms with Crippen molar-refractivity contribution in [1.29, 1.82) is 0 Å². The highest BCUT2D eigenvalue weighted by molar-refractivity contribution is 7.80. The Labute approximate surface area is 372 Å². The molecule has 59 heavy (non-hydrogen) atoms. The van der Waals surface area contributed by atoms with E-state index in [9.17, 15) is 28.8 Å². The summed E-state index contributed by atoms with van der Waals surface area (Å²) in [6.07, 6.45) is 4.61. The fraction of sp³-hybridized carbons (Fsp3) is 0.838. The zero-order valence-corrected chi connectivity index (χ0v) is 38.8. The molecule has 0 saturated carbocycles. The third kappa shape index (κ3) is 25.5. The van der Waals surface area contributed by atoms with Gasteiger partial charge in [0.15, 0.2) is 0 Å². The first-order valence-electron chi connectivity index (χ1n) is 20.2. The number of carbonyl (C=O) groups excluding carboxylic acids is 6. The number of nitrogens with one attached hydrogen (secondary N) is 6. The van der Waals surface area contributed by atoms with Crippen LogP contribution >= 0.6 is 50.5 Å². The molecule has 0 fully saturated rings. The fourth-order valence-electron chi connectivity index (χ4n) is 5.22. The summed E-state index contributed by atoms with van der Waals surface area (Å²) >= 11 is 16.2. The highest BCUT2D eigenvalue weighted by Crippen LogP contribution is 2.22. The molecule has 0 aliphatic heterocycles. The van der Waals surface area contributed by atoms with Gasteiger partial charge in [-0.15, -0.1) is 0 Å². The van der Waals surface area contributed by atoms with Crippen LogP contribution in [0.15, 0.2) is 0 Å². The molecule has 0 aromatic carbocycles. The molecule has 7 atom stereocenters. The van der Waals surface area contributed by atoms with E-state index in [1.807, 2.05) is 27.7 Å². The average Bonchev–Trinajstić information content (AvgIpc) is 3.21. The molecule has 344 valence electrons. The second kappa shape index (κ2) is 31.8. The molecule has 0 heterocycles. The zero-order valence-electron chi connectivity index (χ0n) is 35.3. The first kappa shape index (κ1) is 57.0. The van der Waals surface area contributed by atoms with Gasteiger partial charge in [-0.1, -0.05) is 6.92 Å². The number of ether oxygens (including phenoxy) is 2. The molecular formula is C37H74N10O8S4. The van der Waals surface area contributed by atoms with Crippen molar-refractivity contribution < 1.29 is 38.2 Å². The first-order valence-corrected chi connectivity index (χ1v) is 22.8. The van der Waals surface area contributed by atoms with Crippen LogP contribution in [0.3, 0.4) is 0 Å². The minimum Gasteiger partial charge on any atom is -0.375 e. The maximum absolute atomic E-state index is 13.2. The summed E-state index contributed by atoms with van der Waals surface area (Å²) < 4.78 is 12.4. The van der Waals surface area contributed by atoms with Gasteiger partial charge in [-0.05, 0) is 78.6 Å². The van der Waals surface area contributed by atoms with Gasteiger partial charge in [0.2, 0.25) is 35.4 Å². The Morgan fingerprint density at radius 2 is 0.898 bits per heavy atom. The largest absolute Gasteiger partial charge is 0.375 e. The van der Waals surface area contributed by atoms with Gasteiger partial charge in [-0.25, -0.2) is 0 Å². The lowest BCUT2D eigenvalue weighted by atomic mass is 9.98. The van der Waals surface area contributed by atoms with Crippen molar-refractivity contribution in [2.45, 2.75) is 133 Å². The van der Waals surface area contributed by atoms with Gasteiger partial charge in [0.25, 0.3) is 0 Å². The van der Waals surface area contributed by atoms with Crippen LogP contribution in [-0.4, -0.2) is 145 Å². The number of carbonyl (C=O) groups is 6. The van der Waals surface area contributed by atoms with Crippen LogP contribution in [0.5, 0.6) is 0 Å². The molecular weight excluding hydrogens is 841 g/mol. The molecule has 22 heteroatoms. The first-order chi connectivity index (χ1) is 27.8. The third-order valence-corrected chi connectivity index (χ3v) is 11.2. The minimum atomic E-state index is -0.872. The summed E-state index contributed by atoms with van der Waals surface area (Å²) in [5, 5.41) is 16.6. The summed E-state index contributed by atoms with van der Waals surface area (Å²) in [6.45, 7) is 9.62. The minimum absolute atomic E-state index is 0.117. The molecule has 6 amide bonds. The molecule has 0 radical (unpaired) electrons. The van der Waals surface area contributed by atoms with Crippen LogP contribution in [0.1, 0.15) is 85.5 Å².